The van der Waals surface area contributed by atoms with Crippen molar-refractivity contribution in [3.05, 3.63) is 59.8 Å². The number of benzene rings is 2. The van der Waals surface area contributed by atoms with Crippen LogP contribution in [0.3, 0.4) is 0 Å². The van der Waals surface area contributed by atoms with E-state index in [0.29, 0.717) is 24.9 Å². The lowest BCUT2D eigenvalue weighted by Crippen LogP contribution is -2.03. The maximum absolute atomic E-state index is 9.83. The van der Waals surface area contributed by atoms with Gasteiger partial charge >= 0.3 is 0 Å². The predicted octanol–water partition coefficient (Wildman–Crippen LogP) is 3.97. The number of nitrogens with two attached hydrogens (primary N) is 1. The van der Waals surface area contributed by atoms with Gasteiger partial charge in [-0.25, -0.2) is 0 Å². The third-order valence-corrected chi connectivity index (χ3v) is 4.04. The number of hydrogen-bond donors (Lipinski definition) is 2. The molecule has 0 aliphatic heterocycles. The van der Waals surface area contributed by atoms with Crippen LogP contribution < -0.4 is 10.5 Å². The summed E-state index contributed by atoms with van der Waals surface area (Å²) >= 11 is 0. The number of rotatable bonds is 5. The van der Waals surface area contributed by atoms with E-state index in [4.69, 9.17) is 10.5 Å². The molecule has 4 nitrogen and oxygen atoms in total. The van der Waals surface area contributed by atoms with Crippen molar-refractivity contribution in [1.82, 2.24) is 4.57 Å². The minimum atomic E-state index is 0.155. The Morgan fingerprint density at radius 2 is 1.87 bits per heavy atom. The van der Waals surface area contributed by atoms with Crippen LogP contribution in [0.1, 0.15) is 31.0 Å². The van der Waals surface area contributed by atoms with E-state index in [2.05, 4.69) is 36.7 Å². The first-order valence-electron chi connectivity index (χ1n) is 7.84. The van der Waals surface area contributed by atoms with Gasteiger partial charge in [-0.2, -0.15) is 0 Å². The predicted molar refractivity (Wildman–Crippen MR) is 92.7 cm³/mol. The van der Waals surface area contributed by atoms with Crippen LogP contribution in [0.4, 0.5) is 0 Å². The first kappa shape index (κ1) is 15.4. The number of aromatic nitrogens is 1. The zero-order valence-electron chi connectivity index (χ0n) is 13.5. The third kappa shape index (κ3) is 2.90. The normalized spacial score (nSPS) is 11.3. The molecule has 3 rings (SSSR count). The lowest BCUT2D eigenvalue weighted by molar-refractivity contribution is 0.290. The van der Waals surface area contributed by atoms with Gasteiger partial charge in [0.15, 0.2) is 11.5 Å². The highest BCUT2D eigenvalue weighted by Crippen LogP contribution is 2.30. The van der Waals surface area contributed by atoms with Gasteiger partial charge < -0.3 is 20.1 Å². The summed E-state index contributed by atoms with van der Waals surface area (Å²) in [5, 5.41) is 11.0. The van der Waals surface area contributed by atoms with Crippen molar-refractivity contribution in [2.24, 2.45) is 5.73 Å². The molecule has 0 bridgehead atoms. The maximum Gasteiger partial charge on any atom is 0.161 e. The Labute approximate surface area is 136 Å². The fraction of sp³-hybridized carbons (Fsp3) is 0.263. The number of aromatic hydroxyl groups is 1. The van der Waals surface area contributed by atoms with Crippen LogP contribution in [0.15, 0.2) is 48.7 Å². The van der Waals surface area contributed by atoms with Crippen LogP contribution in [0, 0.1) is 0 Å². The quantitative estimate of drug-likeness (QED) is 0.749. The minimum absolute atomic E-state index is 0.155. The van der Waals surface area contributed by atoms with Crippen LogP contribution in [0.2, 0.25) is 0 Å². The first-order valence-corrected chi connectivity index (χ1v) is 7.84. The van der Waals surface area contributed by atoms with Gasteiger partial charge in [-0.05, 0) is 31.5 Å². The lowest BCUT2D eigenvalue weighted by Gasteiger charge is -2.11. The highest BCUT2D eigenvalue weighted by Gasteiger charge is 2.14. The molecule has 0 saturated carbocycles. The Hall–Kier alpha value is -2.46. The number of hydrogen-bond acceptors (Lipinski definition) is 3. The molecule has 0 aliphatic rings. The summed E-state index contributed by atoms with van der Waals surface area (Å²) in [5.74, 6) is 0.649. The van der Waals surface area contributed by atoms with E-state index in [1.165, 1.54) is 5.52 Å². The molecule has 3 aromatic rings. The Balaban J connectivity index is 2.00. The van der Waals surface area contributed by atoms with E-state index in [1.807, 2.05) is 12.1 Å². The summed E-state index contributed by atoms with van der Waals surface area (Å²) in [5.41, 5.74) is 9.29. The van der Waals surface area contributed by atoms with Crippen molar-refractivity contribution in [2.45, 2.75) is 33.0 Å². The molecule has 0 spiro atoms. The molecule has 4 heteroatoms. The molecule has 0 atom stereocenters. The molecule has 0 amide bonds. The van der Waals surface area contributed by atoms with E-state index in [9.17, 15) is 5.11 Å². The summed E-state index contributed by atoms with van der Waals surface area (Å²) in [4.78, 5) is 0. The van der Waals surface area contributed by atoms with Gasteiger partial charge in [-0.15, -0.1) is 0 Å². The van der Waals surface area contributed by atoms with Gasteiger partial charge in [0.2, 0.25) is 0 Å². The zero-order chi connectivity index (χ0) is 16.4. The third-order valence-electron chi connectivity index (χ3n) is 4.04. The van der Waals surface area contributed by atoms with E-state index >= 15 is 0 Å². The monoisotopic (exact) mass is 310 g/mol. The molecule has 1 aromatic heterocycles. The average molecular weight is 310 g/mol. The number of phenolic OH excluding ortho intramolecular Hbond substituents is 1. The molecule has 120 valence electrons. The largest absolute Gasteiger partial charge is 0.504 e. The second-order valence-corrected chi connectivity index (χ2v) is 5.93. The second-order valence-electron chi connectivity index (χ2n) is 5.93. The van der Waals surface area contributed by atoms with Gasteiger partial charge in [0.25, 0.3) is 0 Å². The average Bonchev–Trinajstić information content (AvgIpc) is 2.93. The van der Waals surface area contributed by atoms with Gasteiger partial charge in [-0.1, -0.05) is 30.3 Å². The lowest BCUT2D eigenvalue weighted by atomic mass is 10.1. The van der Waals surface area contributed by atoms with Crippen LogP contribution in [0.25, 0.3) is 10.9 Å². The Bertz CT molecular complexity index is 821. The standard InChI is InChI=1S/C19H22N2O2/c1-13(2)21-11-15(12-23-18-9-4-3-8-17(18)22)16-7-5-6-14(10-20)19(16)21/h3-9,11,13,22H,10,12,20H2,1-2H3. The number of nitrogens with zero attached hydrogens (tertiary/aromatic N) is 1. The molecule has 0 aliphatic carbocycles. The van der Waals surface area contributed by atoms with Crippen LogP contribution >= 0.6 is 0 Å². The Morgan fingerprint density at radius 3 is 2.57 bits per heavy atom. The molecule has 0 radical (unpaired) electrons. The summed E-state index contributed by atoms with van der Waals surface area (Å²) < 4.78 is 8.04. The fourth-order valence-corrected chi connectivity index (χ4v) is 2.88. The Morgan fingerprint density at radius 1 is 1.09 bits per heavy atom. The van der Waals surface area contributed by atoms with Gasteiger partial charge in [-0.3, -0.25) is 0 Å². The van der Waals surface area contributed by atoms with Crippen LogP contribution in [-0.2, 0) is 13.2 Å². The minimum Gasteiger partial charge on any atom is -0.504 e. The highest BCUT2D eigenvalue weighted by molar-refractivity contribution is 5.87. The van der Waals surface area contributed by atoms with Crippen molar-refractivity contribution in [1.29, 1.82) is 0 Å². The summed E-state index contributed by atoms with van der Waals surface area (Å²) in [7, 11) is 0. The fourth-order valence-electron chi connectivity index (χ4n) is 2.88. The summed E-state index contributed by atoms with van der Waals surface area (Å²) in [6.45, 7) is 5.22. The molecule has 23 heavy (non-hydrogen) atoms. The molecule has 0 saturated heterocycles. The van der Waals surface area contributed by atoms with Crippen LogP contribution in [-0.4, -0.2) is 9.67 Å². The van der Waals surface area contributed by atoms with Crippen molar-refractivity contribution in [3.8, 4) is 11.5 Å². The van der Waals surface area contributed by atoms with Crippen molar-refractivity contribution in [3.63, 3.8) is 0 Å². The number of para-hydroxylation sites is 3. The van der Waals surface area contributed by atoms with Crippen molar-refractivity contribution in [2.75, 3.05) is 0 Å². The highest BCUT2D eigenvalue weighted by atomic mass is 16.5. The van der Waals surface area contributed by atoms with E-state index in [0.717, 1.165) is 16.5 Å². The van der Waals surface area contributed by atoms with E-state index in [-0.39, 0.29) is 5.75 Å². The topological polar surface area (TPSA) is 60.4 Å². The molecule has 1 heterocycles. The molecule has 3 N–H and O–H groups in total. The van der Waals surface area contributed by atoms with Crippen molar-refractivity contribution >= 4 is 10.9 Å². The van der Waals surface area contributed by atoms with Gasteiger partial charge in [0, 0.05) is 29.7 Å². The number of fused-ring (bicyclic) bond motifs is 1. The van der Waals surface area contributed by atoms with Gasteiger partial charge in [0.05, 0.1) is 5.52 Å². The molecular formula is C19H22N2O2. The maximum atomic E-state index is 9.83. The SMILES string of the molecule is CC(C)n1cc(COc2ccccc2O)c2cccc(CN)c21. The van der Waals surface area contributed by atoms with E-state index < -0.39 is 0 Å². The number of phenols is 1. The molecule has 0 fully saturated rings. The molecule has 2 aromatic carbocycles. The van der Waals surface area contributed by atoms with E-state index in [1.54, 1.807) is 18.2 Å². The zero-order valence-corrected chi connectivity index (χ0v) is 13.5. The first-order chi connectivity index (χ1) is 11.1. The summed E-state index contributed by atoms with van der Waals surface area (Å²) in [6.07, 6.45) is 2.12. The van der Waals surface area contributed by atoms with Gasteiger partial charge in [0.1, 0.15) is 6.61 Å². The van der Waals surface area contributed by atoms with Crippen molar-refractivity contribution < 1.29 is 9.84 Å². The summed E-state index contributed by atoms with van der Waals surface area (Å²) in [6, 6.07) is 13.5. The van der Waals surface area contributed by atoms with Crippen LogP contribution in [0.5, 0.6) is 11.5 Å². The number of ether oxygens (including phenoxy) is 1. The smallest absolute Gasteiger partial charge is 0.161 e. The Kier molecular flexibility index (Phi) is 4.26. The second kappa shape index (κ2) is 6.34. The molecule has 0 unspecified atom stereocenters. The molecular weight excluding hydrogens is 288 g/mol.